The lowest BCUT2D eigenvalue weighted by Crippen LogP contribution is -2.40. The highest BCUT2D eigenvalue weighted by Crippen LogP contribution is 2.30. The Kier molecular flexibility index (Phi) is 10.1. The summed E-state index contributed by atoms with van der Waals surface area (Å²) in [5.41, 5.74) is 3.03. The van der Waals surface area contributed by atoms with Gasteiger partial charge in [-0.25, -0.2) is 8.78 Å². The summed E-state index contributed by atoms with van der Waals surface area (Å²) in [6, 6.07) is 15.9. The molecule has 0 spiro atoms. The highest BCUT2D eigenvalue weighted by molar-refractivity contribution is 5.74. The fourth-order valence-electron chi connectivity index (χ4n) is 4.55. The van der Waals surface area contributed by atoms with E-state index in [0.29, 0.717) is 62.6 Å². The van der Waals surface area contributed by atoms with Gasteiger partial charge in [0.1, 0.15) is 41.4 Å². The lowest BCUT2D eigenvalue weighted by atomic mass is 9.97. The van der Waals surface area contributed by atoms with Crippen LogP contribution in [0.3, 0.4) is 0 Å². The largest absolute Gasteiger partial charge is 0.494 e. The summed E-state index contributed by atoms with van der Waals surface area (Å²) in [5, 5.41) is 10.3. The first-order valence-corrected chi connectivity index (χ1v) is 13.3. The molecule has 1 saturated heterocycles. The minimum atomic E-state index is -0.809. The maximum atomic E-state index is 13.1. The molecule has 4 rings (SSSR count). The summed E-state index contributed by atoms with van der Waals surface area (Å²) >= 11 is 0. The van der Waals surface area contributed by atoms with Crippen LogP contribution in [-0.2, 0) is 22.4 Å². The molecule has 0 aromatic heterocycles. The number of hydrogen-bond donors (Lipinski definition) is 1. The van der Waals surface area contributed by atoms with Gasteiger partial charge in [-0.15, -0.1) is 0 Å². The Bertz CT molecular complexity index is 1140. The summed E-state index contributed by atoms with van der Waals surface area (Å²) in [5.74, 6) is 0.0638. The lowest BCUT2D eigenvalue weighted by Gasteiger charge is -2.27. The average Bonchev–Trinajstić information content (AvgIpc) is 2.91. The monoisotopic (exact) mass is 540 g/mol. The number of carbonyl (C=O) groups is 1. The zero-order valence-corrected chi connectivity index (χ0v) is 22.0. The molecule has 0 radical (unpaired) electrons. The van der Waals surface area contributed by atoms with Gasteiger partial charge in [0.25, 0.3) is 0 Å². The Morgan fingerprint density at radius 1 is 0.846 bits per heavy atom. The van der Waals surface area contributed by atoms with Gasteiger partial charge in [0.2, 0.25) is 0 Å². The van der Waals surface area contributed by atoms with Crippen LogP contribution in [0.5, 0.6) is 17.2 Å². The maximum Gasteiger partial charge on any atom is 0.315 e. The number of esters is 1. The van der Waals surface area contributed by atoms with Crippen molar-refractivity contribution in [2.45, 2.75) is 45.1 Å². The second-order valence-electron chi connectivity index (χ2n) is 9.67. The first kappa shape index (κ1) is 28.4. The van der Waals surface area contributed by atoms with Crippen LogP contribution in [-0.4, -0.2) is 43.6 Å². The van der Waals surface area contributed by atoms with E-state index in [1.807, 2.05) is 6.92 Å². The van der Waals surface area contributed by atoms with Gasteiger partial charge >= 0.3 is 5.97 Å². The van der Waals surface area contributed by atoms with E-state index in [1.165, 1.54) is 24.3 Å². The smallest absolute Gasteiger partial charge is 0.315 e. The van der Waals surface area contributed by atoms with Gasteiger partial charge in [-0.1, -0.05) is 17.7 Å². The molecule has 3 aromatic carbocycles. The molecule has 1 N–H and O–H groups in total. The molecule has 3 aromatic rings. The van der Waals surface area contributed by atoms with E-state index in [4.69, 9.17) is 18.9 Å². The number of aliphatic hydroxyl groups excluding tert-OH is 1. The van der Waals surface area contributed by atoms with Gasteiger partial charge < -0.3 is 24.1 Å². The van der Waals surface area contributed by atoms with Crippen molar-refractivity contribution in [3.63, 3.8) is 0 Å². The van der Waals surface area contributed by atoms with E-state index >= 15 is 0 Å². The van der Waals surface area contributed by atoms with Crippen LogP contribution < -0.4 is 14.2 Å². The number of rotatable bonds is 13. The van der Waals surface area contributed by atoms with E-state index in [0.717, 1.165) is 16.7 Å². The Balaban J connectivity index is 1.42. The minimum absolute atomic E-state index is 0.0151. The highest BCUT2D eigenvalue weighted by atomic mass is 19.1. The molecule has 0 bridgehead atoms. The summed E-state index contributed by atoms with van der Waals surface area (Å²) in [4.78, 5) is 12.2. The molecule has 6 nitrogen and oxygen atoms in total. The SMILES string of the molecule is Cc1cc(CCCOc2ccc(F)cc2)c(OC[C@@H]2C(=O)OCC[C@H]2O)c(CCCOc2ccc(F)cc2)c1. The fourth-order valence-corrected chi connectivity index (χ4v) is 4.55. The number of carbonyl (C=O) groups excluding carboxylic acids is 1. The third-order valence-corrected chi connectivity index (χ3v) is 6.57. The van der Waals surface area contributed by atoms with Crippen LogP contribution in [0.4, 0.5) is 8.78 Å². The fraction of sp³-hybridized carbons (Fsp3) is 0.387. The first-order chi connectivity index (χ1) is 18.9. The van der Waals surface area contributed by atoms with Gasteiger partial charge in [-0.2, -0.15) is 0 Å². The standard InChI is InChI=1S/C31H34F2O6/c1-21-18-22(4-2-15-36-26-10-6-24(32)7-11-26)30(39-20-28-29(34)14-17-38-31(28)35)23(19-21)5-3-16-37-27-12-8-25(33)9-13-27/h6-13,18-19,28-29,34H,2-5,14-17,20H2,1H3/t28-,29+/m0/s1. The van der Waals surface area contributed by atoms with Crippen molar-refractivity contribution in [2.75, 3.05) is 26.4 Å². The molecule has 8 heteroatoms. The van der Waals surface area contributed by atoms with E-state index in [2.05, 4.69) is 12.1 Å². The number of halogens is 2. The third kappa shape index (κ3) is 8.42. The molecule has 2 atom stereocenters. The summed E-state index contributed by atoms with van der Waals surface area (Å²) in [6.45, 7) is 3.12. The van der Waals surface area contributed by atoms with E-state index in [1.54, 1.807) is 24.3 Å². The predicted molar refractivity (Wildman–Crippen MR) is 142 cm³/mol. The Morgan fingerprint density at radius 2 is 1.36 bits per heavy atom. The van der Waals surface area contributed by atoms with Gasteiger partial charge in [0, 0.05) is 6.42 Å². The quantitative estimate of drug-likeness (QED) is 0.225. The number of hydrogen-bond acceptors (Lipinski definition) is 6. The second kappa shape index (κ2) is 13.9. The zero-order valence-electron chi connectivity index (χ0n) is 22.0. The van der Waals surface area contributed by atoms with Gasteiger partial charge in [0.05, 0.1) is 25.9 Å². The van der Waals surface area contributed by atoms with Gasteiger partial charge in [0.15, 0.2) is 0 Å². The lowest BCUT2D eigenvalue weighted by molar-refractivity contribution is -0.162. The molecule has 1 heterocycles. The molecule has 208 valence electrons. The third-order valence-electron chi connectivity index (χ3n) is 6.57. The van der Waals surface area contributed by atoms with Crippen LogP contribution in [0, 0.1) is 24.5 Å². The number of benzene rings is 3. The first-order valence-electron chi connectivity index (χ1n) is 13.3. The molecule has 0 unspecified atom stereocenters. The van der Waals surface area contributed by atoms with Crippen LogP contribution in [0.1, 0.15) is 36.0 Å². The van der Waals surface area contributed by atoms with Crippen LogP contribution in [0.25, 0.3) is 0 Å². The molecule has 1 aliphatic rings. The Hall–Kier alpha value is -3.65. The van der Waals surface area contributed by atoms with Crippen molar-refractivity contribution in [1.29, 1.82) is 0 Å². The molecule has 0 amide bonds. The van der Waals surface area contributed by atoms with E-state index in [9.17, 15) is 18.7 Å². The van der Waals surface area contributed by atoms with E-state index in [-0.39, 0.29) is 24.8 Å². The Morgan fingerprint density at radius 3 is 1.85 bits per heavy atom. The van der Waals surface area contributed by atoms with Crippen molar-refractivity contribution >= 4 is 5.97 Å². The van der Waals surface area contributed by atoms with Crippen molar-refractivity contribution < 1.29 is 37.6 Å². The molecule has 1 aliphatic heterocycles. The van der Waals surface area contributed by atoms with Gasteiger partial charge in [-0.05, 0) is 92.3 Å². The minimum Gasteiger partial charge on any atom is -0.494 e. The Labute approximate surface area is 227 Å². The van der Waals surface area contributed by atoms with Crippen molar-refractivity contribution in [1.82, 2.24) is 0 Å². The number of cyclic esters (lactones) is 1. The van der Waals surface area contributed by atoms with Crippen molar-refractivity contribution in [3.05, 3.63) is 89.0 Å². The predicted octanol–water partition coefficient (Wildman–Crippen LogP) is 5.60. The van der Waals surface area contributed by atoms with Crippen LogP contribution >= 0.6 is 0 Å². The van der Waals surface area contributed by atoms with E-state index < -0.39 is 18.0 Å². The summed E-state index contributed by atoms with van der Waals surface area (Å²) in [7, 11) is 0. The molecular weight excluding hydrogens is 506 g/mol. The molecule has 0 aliphatic carbocycles. The van der Waals surface area contributed by atoms with Crippen LogP contribution in [0.15, 0.2) is 60.7 Å². The number of aryl methyl sites for hydroxylation is 3. The normalized spacial score (nSPS) is 17.0. The molecule has 39 heavy (non-hydrogen) atoms. The summed E-state index contributed by atoms with van der Waals surface area (Å²) in [6.07, 6.45) is 2.28. The maximum absolute atomic E-state index is 13.1. The molecule has 1 fully saturated rings. The highest BCUT2D eigenvalue weighted by Gasteiger charge is 2.33. The zero-order chi connectivity index (χ0) is 27.6. The van der Waals surface area contributed by atoms with Crippen molar-refractivity contribution in [2.24, 2.45) is 5.92 Å². The number of aliphatic hydroxyl groups is 1. The topological polar surface area (TPSA) is 74.2 Å². The van der Waals surface area contributed by atoms with Crippen molar-refractivity contribution in [3.8, 4) is 17.2 Å². The molecule has 0 saturated carbocycles. The second-order valence-corrected chi connectivity index (χ2v) is 9.67. The molecular formula is C31H34F2O6. The average molecular weight is 541 g/mol. The number of ether oxygens (including phenoxy) is 4. The van der Waals surface area contributed by atoms with Crippen LogP contribution in [0.2, 0.25) is 0 Å². The van der Waals surface area contributed by atoms with Gasteiger partial charge in [-0.3, -0.25) is 4.79 Å². The summed E-state index contributed by atoms with van der Waals surface area (Å²) < 4.78 is 49.2.